The summed E-state index contributed by atoms with van der Waals surface area (Å²) in [6, 6.07) is 18.3. The molecule has 0 bridgehead atoms. The molecule has 2 aliphatic heterocycles. The number of ether oxygens (including phenoxy) is 7. The smallest absolute Gasteiger partial charge is 0.410 e. The molecule has 16 nitrogen and oxygen atoms in total. The van der Waals surface area contributed by atoms with Gasteiger partial charge in [-0.05, 0) is 41.8 Å². The van der Waals surface area contributed by atoms with Crippen molar-refractivity contribution in [1.82, 2.24) is 4.90 Å². The van der Waals surface area contributed by atoms with E-state index >= 15 is 0 Å². The maximum absolute atomic E-state index is 13.1. The summed E-state index contributed by atoms with van der Waals surface area (Å²) >= 11 is 0. The molecular formula is C38H52N4O12. The zero-order chi connectivity index (χ0) is 39.0. The van der Waals surface area contributed by atoms with E-state index in [9.17, 15) is 30.1 Å². The Labute approximate surface area is 315 Å². The van der Waals surface area contributed by atoms with E-state index in [1.54, 1.807) is 18.7 Å². The van der Waals surface area contributed by atoms with E-state index in [4.69, 9.17) is 33.2 Å². The molecule has 2 aromatic carbocycles. The fraction of sp³-hybridized carbons (Fsp3) is 0.605. The van der Waals surface area contributed by atoms with E-state index in [1.807, 2.05) is 60.7 Å². The molecule has 0 aliphatic carbocycles. The quantitative estimate of drug-likeness (QED) is 0.0532. The van der Waals surface area contributed by atoms with Crippen molar-refractivity contribution in [3.05, 3.63) is 82.2 Å². The topological polar surface area (TPSA) is 208 Å². The number of hydrogen-bond donors (Lipinski definition) is 2. The first kappa shape index (κ1) is 42.5. The Morgan fingerprint density at radius 2 is 1.52 bits per heavy atom. The number of esters is 2. The van der Waals surface area contributed by atoms with Gasteiger partial charge in [-0.2, -0.15) is 0 Å². The van der Waals surface area contributed by atoms with Gasteiger partial charge in [0, 0.05) is 44.4 Å². The number of aliphatic hydroxyl groups excluding tert-OH is 2. The molecule has 2 fully saturated rings. The second-order valence-electron chi connectivity index (χ2n) is 13.5. The van der Waals surface area contributed by atoms with Gasteiger partial charge in [-0.25, -0.2) is 4.79 Å². The minimum atomic E-state index is -1.25. The Morgan fingerprint density at radius 3 is 2.15 bits per heavy atom. The van der Waals surface area contributed by atoms with E-state index in [-0.39, 0.29) is 19.8 Å². The number of carbonyl (C=O) groups excluding carboxylic acids is 3. The van der Waals surface area contributed by atoms with Gasteiger partial charge in [0.15, 0.2) is 18.7 Å². The number of hydrogen-bond acceptors (Lipinski definition) is 13. The van der Waals surface area contributed by atoms with Gasteiger partial charge in [0.05, 0.1) is 24.9 Å². The number of aliphatic hydroxyl groups is 2. The van der Waals surface area contributed by atoms with Crippen LogP contribution in [0.2, 0.25) is 0 Å². The molecule has 2 aromatic rings. The van der Waals surface area contributed by atoms with Crippen LogP contribution in [0.5, 0.6) is 0 Å². The molecule has 296 valence electrons. The van der Waals surface area contributed by atoms with Crippen LogP contribution in [0.3, 0.4) is 0 Å². The first-order chi connectivity index (χ1) is 26.0. The number of amides is 1. The fourth-order valence-corrected chi connectivity index (χ4v) is 6.52. The lowest BCUT2D eigenvalue weighted by Crippen LogP contribution is -2.61. The van der Waals surface area contributed by atoms with Crippen LogP contribution in [0.15, 0.2) is 65.8 Å². The summed E-state index contributed by atoms with van der Waals surface area (Å²) < 4.78 is 40.9. The highest BCUT2D eigenvalue weighted by Crippen LogP contribution is 2.36. The summed E-state index contributed by atoms with van der Waals surface area (Å²) in [6.07, 6.45) is -5.82. The third kappa shape index (κ3) is 12.4. The van der Waals surface area contributed by atoms with Crippen molar-refractivity contribution in [1.29, 1.82) is 0 Å². The van der Waals surface area contributed by atoms with Crippen molar-refractivity contribution < 1.29 is 57.8 Å². The minimum Gasteiger partial charge on any atom is -0.463 e. The second kappa shape index (κ2) is 21.6. The van der Waals surface area contributed by atoms with E-state index in [0.29, 0.717) is 32.4 Å². The van der Waals surface area contributed by atoms with Crippen LogP contribution < -0.4 is 0 Å². The fourth-order valence-electron chi connectivity index (χ4n) is 6.52. The summed E-state index contributed by atoms with van der Waals surface area (Å²) in [5.74, 6) is -2.46. The third-order valence-corrected chi connectivity index (χ3v) is 9.47. The van der Waals surface area contributed by atoms with Gasteiger partial charge in [-0.3, -0.25) is 9.59 Å². The number of benzene rings is 2. The zero-order valence-electron chi connectivity index (χ0n) is 31.2. The van der Waals surface area contributed by atoms with Gasteiger partial charge in [-0.15, -0.1) is 0 Å². The molecule has 0 spiro atoms. The van der Waals surface area contributed by atoms with E-state index in [1.165, 1.54) is 13.8 Å². The Bertz CT molecular complexity index is 1510. The molecule has 2 saturated heterocycles. The molecule has 4 unspecified atom stereocenters. The Kier molecular flexibility index (Phi) is 17.0. The van der Waals surface area contributed by atoms with Crippen LogP contribution in [0.4, 0.5) is 4.79 Å². The van der Waals surface area contributed by atoms with Crippen molar-refractivity contribution in [2.45, 2.75) is 109 Å². The maximum Gasteiger partial charge on any atom is 0.410 e. The second-order valence-corrected chi connectivity index (χ2v) is 13.5. The molecule has 4 rings (SSSR count). The molecule has 54 heavy (non-hydrogen) atoms. The number of rotatable bonds is 18. The number of azide groups is 1. The normalized spacial score (nSPS) is 28.0. The largest absolute Gasteiger partial charge is 0.463 e. The average Bonchev–Trinajstić information content (AvgIpc) is 3.16. The van der Waals surface area contributed by atoms with Crippen molar-refractivity contribution in [3.63, 3.8) is 0 Å². The van der Waals surface area contributed by atoms with Crippen molar-refractivity contribution in [2.24, 2.45) is 17.0 Å². The molecule has 0 saturated carbocycles. The van der Waals surface area contributed by atoms with E-state index in [2.05, 4.69) is 10.0 Å². The van der Waals surface area contributed by atoms with Crippen molar-refractivity contribution >= 4 is 18.0 Å². The summed E-state index contributed by atoms with van der Waals surface area (Å²) in [5.41, 5.74) is 11.4. The molecule has 2 aliphatic rings. The highest BCUT2D eigenvalue weighted by molar-refractivity contribution is 5.67. The maximum atomic E-state index is 13.1. The van der Waals surface area contributed by atoms with Crippen LogP contribution in [-0.4, -0.2) is 109 Å². The van der Waals surface area contributed by atoms with Crippen LogP contribution >= 0.6 is 0 Å². The van der Waals surface area contributed by atoms with Gasteiger partial charge >= 0.3 is 18.0 Å². The predicted molar refractivity (Wildman–Crippen MR) is 192 cm³/mol. The van der Waals surface area contributed by atoms with Crippen LogP contribution in [0, 0.1) is 11.8 Å². The van der Waals surface area contributed by atoms with Crippen LogP contribution in [0.1, 0.15) is 58.1 Å². The number of nitrogens with zero attached hydrogens (tertiary/aromatic N) is 4. The Balaban J connectivity index is 1.37. The van der Waals surface area contributed by atoms with Gasteiger partial charge in [0.25, 0.3) is 0 Å². The minimum absolute atomic E-state index is 0.168. The highest BCUT2D eigenvalue weighted by Gasteiger charge is 2.51. The number of unbranched alkanes of at least 4 members (excludes halogenated alkanes) is 2. The summed E-state index contributed by atoms with van der Waals surface area (Å²) in [5, 5.41) is 24.5. The third-order valence-electron chi connectivity index (χ3n) is 9.47. The molecule has 1 amide bonds. The molecule has 16 heteroatoms. The first-order valence-corrected chi connectivity index (χ1v) is 18.2. The molecule has 2 N–H and O–H groups in total. The number of carbonyl (C=O) groups is 3. The van der Waals surface area contributed by atoms with Gasteiger partial charge in [0.1, 0.15) is 25.4 Å². The standard InChI is InChI=1S/C38H52N4O12/c1-24-32(40-41-39)36(53-31(23-49-26(3)44)34(24)54-37-35(51-27(4)45)25(2)33(46)30(21-43)52-37)48-19-13-7-12-18-42(20-28-14-8-5-9-15-28)38(47)50-22-29-16-10-6-11-17-29/h5-6,8-11,14-17,24-25,30-37,43,46H,7,12-13,18-23H2,1-4H3/t24-,25+,30?,31?,32?,33+,34+,35?,36+,37+/m1/s1. The van der Waals surface area contributed by atoms with Gasteiger partial charge in [-0.1, -0.05) is 79.6 Å². The lowest BCUT2D eigenvalue weighted by atomic mass is 9.88. The lowest BCUT2D eigenvalue weighted by molar-refractivity contribution is -0.336. The van der Waals surface area contributed by atoms with Crippen molar-refractivity contribution in [3.8, 4) is 0 Å². The van der Waals surface area contributed by atoms with Gasteiger partial charge < -0.3 is 48.3 Å². The highest BCUT2D eigenvalue weighted by atomic mass is 16.7. The van der Waals surface area contributed by atoms with E-state index < -0.39 is 85.6 Å². The summed E-state index contributed by atoms with van der Waals surface area (Å²) in [7, 11) is 0. The molecule has 0 aromatic heterocycles. The average molecular weight is 757 g/mol. The summed E-state index contributed by atoms with van der Waals surface area (Å²) in [4.78, 5) is 41.6. The van der Waals surface area contributed by atoms with E-state index in [0.717, 1.165) is 11.1 Å². The molecular weight excluding hydrogens is 704 g/mol. The monoisotopic (exact) mass is 756 g/mol. The Morgan fingerprint density at radius 1 is 0.852 bits per heavy atom. The van der Waals surface area contributed by atoms with Crippen LogP contribution in [0.25, 0.3) is 10.4 Å². The molecule has 10 atom stereocenters. The lowest BCUT2D eigenvalue weighted by Gasteiger charge is -2.48. The van der Waals surface area contributed by atoms with Crippen LogP contribution in [-0.2, 0) is 55.9 Å². The summed E-state index contributed by atoms with van der Waals surface area (Å²) in [6.45, 7) is 6.35. The first-order valence-electron chi connectivity index (χ1n) is 18.2. The molecule has 2 heterocycles. The zero-order valence-corrected chi connectivity index (χ0v) is 31.2. The Hall–Kier alpha value is -4.28. The van der Waals surface area contributed by atoms with Crippen molar-refractivity contribution in [2.75, 3.05) is 26.4 Å². The SMILES string of the molecule is CC(=O)OCC1O[C@H](OCCCCCN(Cc2ccccc2)C(=O)OCc2ccccc2)C(N=[N+]=[N-])[C@@H](C)[C@@H]1O[C@@H]1OC(CO)[C@@H](O)[C@H](C)C1OC(C)=O. The van der Waals surface area contributed by atoms with Gasteiger partial charge in [0.2, 0.25) is 0 Å². The predicted octanol–water partition coefficient (Wildman–Crippen LogP) is 4.65. The molecule has 0 radical (unpaired) electrons.